The van der Waals surface area contributed by atoms with Crippen LogP contribution in [0.1, 0.15) is 39.0 Å². The summed E-state index contributed by atoms with van der Waals surface area (Å²) in [5, 5.41) is 3.81. The molecule has 0 heterocycles. The quantitative estimate of drug-likeness (QED) is 0.605. The summed E-state index contributed by atoms with van der Waals surface area (Å²) in [4.78, 5) is 1.37. The minimum atomic E-state index is 0.466. The van der Waals surface area contributed by atoms with Crippen molar-refractivity contribution in [2.75, 3.05) is 18.9 Å². The molecule has 0 amide bonds. The van der Waals surface area contributed by atoms with Crippen LogP contribution in [0.15, 0.2) is 35.2 Å². The molecule has 0 radical (unpaired) electrons. The zero-order chi connectivity index (χ0) is 14.5. The highest BCUT2D eigenvalue weighted by atomic mass is 32.2. The summed E-state index contributed by atoms with van der Waals surface area (Å²) in [7, 11) is 0. The van der Waals surface area contributed by atoms with E-state index in [-0.39, 0.29) is 0 Å². The Hall–Kier alpha value is -0.510. The number of rotatable bonds is 7. The van der Waals surface area contributed by atoms with Gasteiger partial charge in [-0.15, -0.1) is 11.8 Å². The van der Waals surface area contributed by atoms with E-state index in [1.165, 1.54) is 37.0 Å². The Balaban J connectivity index is 1.43. The van der Waals surface area contributed by atoms with Crippen LogP contribution in [-0.2, 0) is 4.74 Å². The van der Waals surface area contributed by atoms with Crippen molar-refractivity contribution < 1.29 is 4.74 Å². The van der Waals surface area contributed by atoms with Gasteiger partial charge in [0.15, 0.2) is 0 Å². The van der Waals surface area contributed by atoms with Gasteiger partial charge in [0.2, 0.25) is 0 Å². The highest BCUT2D eigenvalue weighted by Gasteiger charge is 2.56. The van der Waals surface area contributed by atoms with Crippen molar-refractivity contribution >= 4 is 11.8 Å². The Morgan fingerprint density at radius 3 is 2.71 bits per heavy atom. The molecule has 0 saturated heterocycles. The Bertz CT molecular complexity index is 430. The number of hydrogen-bond acceptors (Lipinski definition) is 3. The molecule has 2 nitrogen and oxygen atoms in total. The first-order chi connectivity index (χ1) is 10.3. The average molecular weight is 305 g/mol. The second-order valence-corrected chi connectivity index (χ2v) is 7.46. The van der Waals surface area contributed by atoms with Gasteiger partial charge >= 0.3 is 0 Å². The normalized spacial score (nSPS) is 26.9. The first-order valence-electron chi connectivity index (χ1n) is 8.38. The zero-order valence-electron chi connectivity index (χ0n) is 13.0. The fourth-order valence-corrected chi connectivity index (χ4v) is 4.90. The zero-order valence-corrected chi connectivity index (χ0v) is 13.8. The molecular formula is C18H27NOS. The molecule has 0 aliphatic heterocycles. The SMILES string of the molecule is CCOC1CC(NCCSc2ccccc2)C12CCCC2. The Kier molecular flexibility index (Phi) is 5.25. The van der Waals surface area contributed by atoms with Crippen LogP contribution >= 0.6 is 11.8 Å². The summed E-state index contributed by atoms with van der Waals surface area (Å²) >= 11 is 1.95. The van der Waals surface area contributed by atoms with Crippen LogP contribution < -0.4 is 5.32 Å². The maximum absolute atomic E-state index is 5.98. The van der Waals surface area contributed by atoms with E-state index in [0.717, 1.165) is 18.9 Å². The van der Waals surface area contributed by atoms with Crippen molar-refractivity contribution in [1.29, 1.82) is 0 Å². The lowest BCUT2D eigenvalue weighted by molar-refractivity contribution is -0.129. The molecule has 3 rings (SSSR count). The summed E-state index contributed by atoms with van der Waals surface area (Å²) in [6.07, 6.45) is 7.23. The van der Waals surface area contributed by atoms with Crippen molar-refractivity contribution in [3.63, 3.8) is 0 Å². The topological polar surface area (TPSA) is 21.3 Å². The van der Waals surface area contributed by atoms with E-state index in [1.54, 1.807) is 0 Å². The van der Waals surface area contributed by atoms with E-state index >= 15 is 0 Å². The monoisotopic (exact) mass is 305 g/mol. The fraction of sp³-hybridized carbons (Fsp3) is 0.667. The molecule has 2 saturated carbocycles. The van der Waals surface area contributed by atoms with Crippen molar-refractivity contribution in [2.45, 2.75) is 56.1 Å². The van der Waals surface area contributed by atoms with Crippen molar-refractivity contribution in [3.8, 4) is 0 Å². The maximum atomic E-state index is 5.98. The highest BCUT2D eigenvalue weighted by Crippen LogP contribution is 2.54. The number of nitrogens with one attached hydrogen (secondary N) is 1. The lowest BCUT2D eigenvalue weighted by atomic mass is 9.60. The Labute approximate surface area is 133 Å². The number of benzene rings is 1. The van der Waals surface area contributed by atoms with E-state index < -0.39 is 0 Å². The minimum Gasteiger partial charge on any atom is -0.378 e. The molecule has 2 aliphatic carbocycles. The molecule has 2 aliphatic rings. The van der Waals surface area contributed by atoms with Crippen molar-refractivity contribution in [2.24, 2.45) is 5.41 Å². The van der Waals surface area contributed by atoms with Crippen molar-refractivity contribution in [1.82, 2.24) is 5.32 Å². The van der Waals surface area contributed by atoms with Gasteiger partial charge in [0.25, 0.3) is 0 Å². The highest BCUT2D eigenvalue weighted by molar-refractivity contribution is 7.99. The van der Waals surface area contributed by atoms with Crippen LogP contribution in [0.25, 0.3) is 0 Å². The number of hydrogen-bond donors (Lipinski definition) is 1. The summed E-state index contributed by atoms with van der Waals surface area (Å²) in [6.45, 7) is 4.09. The molecule has 1 spiro atoms. The van der Waals surface area contributed by atoms with Gasteiger partial charge in [0.1, 0.15) is 0 Å². The third-order valence-electron chi connectivity index (χ3n) is 5.19. The van der Waals surface area contributed by atoms with Crippen LogP contribution in [0, 0.1) is 5.41 Å². The molecule has 1 aromatic rings. The summed E-state index contributed by atoms with van der Waals surface area (Å²) in [6, 6.07) is 11.4. The van der Waals surface area contributed by atoms with E-state index in [0.29, 0.717) is 17.6 Å². The molecule has 0 aromatic heterocycles. The molecular weight excluding hydrogens is 278 g/mol. The molecule has 3 heteroatoms. The fourth-order valence-electron chi connectivity index (χ4n) is 4.09. The largest absolute Gasteiger partial charge is 0.378 e. The third-order valence-corrected chi connectivity index (χ3v) is 6.21. The van der Waals surface area contributed by atoms with Gasteiger partial charge in [-0.2, -0.15) is 0 Å². The van der Waals surface area contributed by atoms with E-state index in [4.69, 9.17) is 4.74 Å². The number of ether oxygens (including phenoxy) is 1. The van der Waals surface area contributed by atoms with E-state index in [1.807, 2.05) is 11.8 Å². The molecule has 2 atom stereocenters. The van der Waals surface area contributed by atoms with Gasteiger partial charge in [-0.3, -0.25) is 0 Å². The number of thioether (sulfide) groups is 1. The summed E-state index contributed by atoms with van der Waals surface area (Å²) in [5.74, 6) is 1.15. The molecule has 2 fully saturated rings. The smallest absolute Gasteiger partial charge is 0.0661 e. The second-order valence-electron chi connectivity index (χ2n) is 6.29. The van der Waals surface area contributed by atoms with Gasteiger partial charge in [-0.1, -0.05) is 31.0 Å². The Morgan fingerprint density at radius 2 is 2.00 bits per heavy atom. The predicted octanol–water partition coefficient (Wildman–Crippen LogP) is 4.11. The average Bonchev–Trinajstić information content (AvgIpc) is 3.03. The van der Waals surface area contributed by atoms with E-state index in [2.05, 4.69) is 42.6 Å². The van der Waals surface area contributed by atoms with Crippen LogP contribution in [-0.4, -0.2) is 31.1 Å². The van der Waals surface area contributed by atoms with Crippen LogP contribution in [0.4, 0.5) is 0 Å². The molecule has 1 aromatic carbocycles. The van der Waals surface area contributed by atoms with Crippen LogP contribution in [0.3, 0.4) is 0 Å². The van der Waals surface area contributed by atoms with Crippen molar-refractivity contribution in [3.05, 3.63) is 30.3 Å². The lowest BCUT2D eigenvalue weighted by Crippen LogP contribution is -2.62. The second kappa shape index (κ2) is 7.17. The predicted molar refractivity (Wildman–Crippen MR) is 89.9 cm³/mol. The molecule has 2 unspecified atom stereocenters. The standard InChI is InChI=1S/C18H27NOS/c1-2-20-17-14-16(18(17)10-6-7-11-18)19-12-13-21-15-8-4-3-5-9-15/h3-5,8-9,16-17,19H,2,6-7,10-14H2,1H3. The summed E-state index contributed by atoms with van der Waals surface area (Å²) in [5.41, 5.74) is 0.466. The molecule has 21 heavy (non-hydrogen) atoms. The van der Waals surface area contributed by atoms with Crippen LogP contribution in [0.5, 0.6) is 0 Å². The first-order valence-corrected chi connectivity index (χ1v) is 9.36. The minimum absolute atomic E-state index is 0.466. The van der Waals surface area contributed by atoms with E-state index in [9.17, 15) is 0 Å². The molecule has 0 bridgehead atoms. The molecule has 1 N–H and O–H groups in total. The van der Waals surface area contributed by atoms with Gasteiger partial charge in [-0.05, 0) is 38.3 Å². The van der Waals surface area contributed by atoms with Gasteiger partial charge < -0.3 is 10.1 Å². The Morgan fingerprint density at radius 1 is 1.24 bits per heavy atom. The third kappa shape index (κ3) is 3.30. The van der Waals surface area contributed by atoms with Crippen LogP contribution in [0.2, 0.25) is 0 Å². The van der Waals surface area contributed by atoms with Gasteiger partial charge in [0.05, 0.1) is 6.10 Å². The van der Waals surface area contributed by atoms with Gasteiger partial charge in [-0.25, -0.2) is 0 Å². The molecule has 116 valence electrons. The lowest BCUT2D eigenvalue weighted by Gasteiger charge is -2.54. The first kappa shape index (κ1) is 15.4. The van der Waals surface area contributed by atoms with Gasteiger partial charge in [0, 0.05) is 35.3 Å². The maximum Gasteiger partial charge on any atom is 0.0661 e. The summed E-state index contributed by atoms with van der Waals surface area (Å²) < 4.78 is 5.98.